The van der Waals surface area contributed by atoms with Gasteiger partial charge in [0.2, 0.25) is 0 Å². The third-order valence-electron chi connectivity index (χ3n) is 2.70. The van der Waals surface area contributed by atoms with Crippen LogP contribution in [0.3, 0.4) is 0 Å². The molecule has 0 unspecified atom stereocenters. The number of nitrogens with one attached hydrogen (secondary N) is 1. The van der Waals surface area contributed by atoms with Gasteiger partial charge < -0.3 is 0 Å². The van der Waals surface area contributed by atoms with E-state index in [1.54, 1.807) is 6.07 Å². The molecular formula is C13H15NO2S2. The highest BCUT2D eigenvalue weighted by atomic mass is 32.2. The standard InChI is InChI=1S/C13H15NO2S2/c1-9-5-4-6-10(2)13(9)14-18(15,16)12-8-7-11(3)17-12/h4-8,14H,1-3H3. The van der Waals surface area contributed by atoms with Crippen LogP contribution in [0.1, 0.15) is 16.0 Å². The molecule has 1 aromatic heterocycles. The van der Waals surface area contributed by atoms with Crippen molar-refractivity contribution in [3.05, 3.63) is 46.3 Å². The van der Waals surface area contributed by atoms with Crippen LogP contribution in [0.5, 0.6) is 0 Å². The van der Waals surface area contributed by atoms with Gasteiger partial charge in [0.25, 0.3) is 10.0 Å². The fourth-order valence-electron chi connectivity index (χ4n) is 1.72. The van der Waals surface area contributed by atoms with E-state index in [-0.39, 0.29) is 0 Å². The van der Waals surface area contributed by atoms with Crippen molar-refractivity contribution in [2.75, 3.05) is 4.72 Å². The van der Waals surface area contributed by atoms with E-state index in [2.05, 4.69) is 4.72 Å². The minimum atomic E-state index is -3.47. The molecule has 0 fully saturated rings. The maximum absolute atomic E-state index is 12.2. The van der Waals surface area contributed by atoms with E-state index in [4.69, 9.17) is 0 Å². The van der Waals surface area contributed by atoms with Gasteiger partial charge in [-0.25, -0.2) is 8.42 Å². The summed E-state index contributed by atoms with van der Waals surface area (Å²) in [6.45, 7) is 5.68. The molecule has 2 rings (SSSR count). The molecule has 5 heteroatoms. The molecule has 0 aliphatic heterocycles. The lowest BCUT2D eigenvalue weighted by Crippen LogP contribution is -2.13. The number of sulfonamides is 1. The maximum atomic E-state index is 12.2. The van der Waals surface area contributed by atoms with Gasteiger partial charge in [0.1, 0.15) is 4.21 Å². The highest BCUT2D eigenvalue weighted by Gasteiger charge is 2.17. The van der Waals surface area contributed by atoms with Crippen molar-refractivity contribution in [3.8, 4) is 0 Å². The summed E-state index contributed by atoms with van der Waals surface area (Å²) in [4.78, 5) is 0.983. The Morgan fingerprint density at radius 1 is 1.00 bits per heavy atom. The zero-order valence-corrected chi connectivity index (χ0v) is 12.2. The van der Waals surface area contributed by atoms with Gasteiger partial charge in [-0.3, -0.25) is 4.72 Å². The van der Waals surface area contributed by atoms with Crippen molar-refractivity contribution in [1.82, 2.24) is 0 Å². The van der Waals surface area contributed by atoms with E-state index in [9.17, 15) is 8.42 Å². The van der Waals surface area contributed by atoms with Gasteiger partial charge in [0.15, 0.2) is 0 Å². The summed E-state index contributed by atoms with van der Waals surface area (Å²) in [5, 5.41) is 0. The molecule has 2 aromatic rings. The summed E-state index contributed by atoms with van der Waals surface area (Å²) >= 11 is 1.28. The summed E-state index contributed by atoms with van der Waals surface area (Å²) in [7, 11) is -3.47. The number of thiophene rings is 1. The van der Waals surface area contributed by atoms with Crippen molar-refractivity contribution in [2.45, 2.75) is 25.0 Å². The van der Waals surface area contributed by atoms with Crippen LogP contribution in [0, 0.1) is 20.8 Å². The molecule has 0 saturated heterocycles. The first-order valence-corrected chi connectivity index (χ1v) is 7.85. The average molecular weight is 281 g/mol. The molecule has 3 nitrogen and oxygen atoms in total. The Hall–Kier alpha value is -1.33. The summed E-state index contributed by atoms with van der Waals surface area (Å²) in [6, 6.07) is 9.15. The molecule has 0 saturated carbocycles. The summed E-state index contributed by atoms with van der Waals surface area (Å²) in [5.41, 5.74) is 2.52. The van der Waals surface area contributed by atoms with Crippen LogP contribution in [-0.4, -0.2) is 8.42 Å². The van der Waals surface area contributed by atoms with Crippen LogP contribution >= 0.6 is 11.3 Å². The number of anilines is 1. The second-order valence-electron chi connectivity index (χ2n) is 4.24. The molecule has 0 amide bonds. The van der Waals surface area contributed by atoms with Crippen LogP contribution < -0.4 is 4.72 Å². The van der Waals surface area contributed by atoms with E-state index >= 15 is 0 Å². The van der Waals surface area contributed by atoms with Gasteiger partial charge in [-0.15, -0.1) is 11.3 Å². The van der Waals surface area contributed by atoms with Crippen molar-refractivity contribution < 1.29 is 8.42 Å². The number of aryl methyl sites for hydroxylation is 3. The van der Waals surface area contributed by atoms with E-state index in [0.717, 1.165) is 16.0 Å². The van der Waals surface area contributed by atoms with Crippen molar-refractivity contribution >= 4 is 27.0 Å². The molecule has 96 valence electrons. The van der Waals surface area contributed by atoms with E-state index in [0.29, 0.717) is 9.90 Å². The number of hydrogen-bond donors (Lipinski definition) is 1. The number of benzene rings is 1. The molecule has 0 aliphatic carbocycles. The zero-order valence-electron chi connectivity index (χ0n) is 10.5. The zero-order chi connectivity index (χ0) is 13.3. The molecule has 0 aliphatic rings. The minimum Gasteiger partial charge on any atom is -0.278 e. The molecule has 0 bridgehead atoms. The van der Waals surface area contributed by atoms with Gasteiger partial charge in [0, 0.05) is 4.88 Å². The van der Waals surface area contributed by atoms with Crippen LogP contribution in [0.25, 0.3) is 0 Å². The monoisotopic (exact) mass is 281 g/mol. The molecule has 0 spiro atoms. The van der Waals surface area contributed by atoms with Crippen LogP contribution in [0.2, 0.25) is 0 Å². The quantitative estimate of drug-likeness (QED) is 0.936. The topological polar surface area (TPSA) is 46.2 Å². The van der Waals surface area contributed by atoms with E-state index in [1.807, 2.05) is 45.0 Å². The molecule has 1 aromatic carbocycles. The van der Waals surface area contributed by atoms with E-state index in [1.165, 1.54) is 11.3 Å². The first-order chi connectivity index (χ1) is 8.40. The van der Waals surface area contributed by atoms with Gasteiger partial charge in [0.05, 0.1) is 5.69 Å². The fraction of sp³-hybridized carbons (Fsp3) is 0.231. The lowest BCUT2D eigenvalue weighted by molar-refractivity contribution is 0.603. The van der Waals surface area contributed by atoms with Crippen LogP contribution in [0.4, 0.5) is 5.69 Å². The Balaban J connectivity index is 2.40. The molecular weight excluding hydrogens is 266 g/mol. The summed E-state index contributed by atoms with van der Waals surface area (Å²) < 4.78 is 27.5. The SMILES string of the molecule is Cc1ccc(S(=O)(=O)Nc2c(C)cccc2C)s1. The van der Waals surface area contributed by atoms with Gasteiger partial charge >= 0.3 is 0 Å². The minimum absolute atomic E-state index is 0.350. The molecule has 1 N–H and O–H groups in total. The van der Waals surface area contributed by atoms with Gasteiger partial charge in [-0.1, -0.05) is 18.2 Å². The third kappa shape index (κ3) is 2.57. The highest BCUT2D eigenvalue weighted by molar-refractivity contribution is 7.94. The molecule has 18 heavy (non-hydrogen) atoms. The number of hydrogen-bond acceptors (Lipinski definition) is 3. The summed E-state index contributed by atoms with van der Waals surface area (Å²) in [5.74, 6) is 0. The smallest absolute Gasteiger partial charge is 0.271 e. The lowest BCUT2D eigenvalue weighted by Gasteiger charge is -2.11. The van der Waals surface area contributed by atoms with Crippen molar-refractivity contribution in [2.24, 2.45) is 0 Å². The van der Waals surface area contributed by atoms with Crippen molar-refractivity contribution in [3.63, 3.8) is 0 Å². The van der Waals surface area contributed by atoms with Crippen LogP contribution in [-0.2, 0) is 10.0 Å². The molecule has 0 radical (unpaired) electrons. The van der Waals surface area contributed by atoms with Gasteiger partial charge in [-0.2, -0.15) is 0 Å². The second-order valence-corrected chi connectivity index (χ2v) is 7.43. The third-order valence-corrected chi connectivity index (χ3v) is 5.54. The first-order valence-electron chi connectivity index (χ1n) is 5.55. The van der Waals surface area contributed by atoms with Crippen molar-refractivity contribution in [1.29, 1.82) is 0 Å². The molecule has 0 atom stereocenters. The Labute approximate surface area is 112 Å². The Morgan fingerprint density at radius 2 is 1.61 bits per heavy atom. The Bertz CT molecular complexity index is 652. The number of rotatable bonds is 3. The first kappa shape index (κ1) is 13.1. The van der Waals surface area contributed by atoms with E-state index < -0.39 is 10.0 Å². The Kier molecular flexibility index (Phi) is 3.45. The lowest BCUT2D eigenvalue weighted by atomic mass is 10.1. The largest absolute Gasteiger partial charge is 0.278 e. The summed E-state index contributed by atoms with van der Waals surface area (Å²) in [6.07, 6.45) is 0. The highest BCUT2D eigenvalue weighted by Crippen LogP contribution is 2.26. The predicted octanol–water partition coefficient (Wildman–Crippen LogP) is 3.47. The fourth-order valence-corrected chi connectivity index (χ4v) is 4.20. The second kappa shape index (κ2) is 4.74. The Morgan fingerprint density at radius 3 is 2.11 bits per heavy atom. The molecule has 1 heterocycles. The van der Waals surface area contributed by atoms with Gasteiger partial charge in [-0.05, 0) is 44.0 Å². The average Bonchev–Trinajstić information content (AvgIpc) is 2.71. The normalized spacial score (nSPS) is 11.5. The maximum Gasteiger partial charge on any atom is 0.271 e. The number of para-hydroxylation sites is 1. The van der Waals surface area contributed by atoms with Crippen LogP contribution in [0.15, 0.2) is 34.5 Å². The predicted molar refractivity (Wildman–Crippen MR) is 75.8 cm³/mol.